The molecule has 256 valence electrons. The first-order chi connectivity index (χ1) is 23.7. The summed E-state index contributed by atoms with van der Waals surface area (Å²) in [5.74, 6) is 0.591. The molecule has 1 N–H and O–H groups in total. The van der Waals surface area contributed by atoms with E-state index in [9.17, 15) is 23.2 Å². The number of hydrogen-bond donors (Lipinski definition) is 1. The Morgan fingerprint density at radius 1 is 0.837 bits per heavy atom. The molecule has 49 heavy (non-hydrogen) atoms. The van der Waals surface area contributed by atoms with Crippen molar-refractivity contribution in [3.63, 3.8) is 0 Å². The third-order valence-corrected chi connectivity index (χ3v) is 8.74. The molecule has 0 unspecified atom stereocenters. The van der Waals surface area contributed by atoms with Gasteiger partial charge in [-0.15, -0.1) is 0 Å². The van der Waals surface area contributed by atoms with Gasteiger partial charge in [0.25, 0.3) is 11.1 Å². The molecule has 0 radical (unpaired) electrons. The van der Waals surface area contributed by atoms with Crippen molar-refractivity contribution in [1.29, 1.82) is 0 Å². The molecule has 0 saturated carbocycles. The average molecular weight is 674 g/mol. The van der Waals surface area contributed by atoms with Gasteiger partial charge >= 0.3 is 0 Å². The van der Waals surface area contributed by atoms with Crippen LogP contribution in [0.3, 0.4) is 0 Å². The molecule has 0 aliphatic carbocycles. The van der Waals surface area contributed by atoms with Crippen LogP contribution in [0.25, 0.3) is 22.1 Å². The van der Waals surface area contributed by atoms with Gasteiger partial charge in [-0.1, -0.05) is 0 Å². The number of aldehydes is 1. The van der Waals surface area contributed by atoms with Crippen molar-refractivity contribution in [2.45, 2.75) is 52.4 Å². The zero-order chi connectivity index (χ0) is 34.5. The van der Waals surface area contributed by atoms with Crippen LogP contribution in [0.1, 0.15) is 29.9 Å². The van der Waals surface area contributed by atoms with Gasteiger partial charge in [-0.3, -0.25) is 19.1 Å². The Hall–Kier alpha value is -5.08. The second kappa shape index (κ2) is 15.0. The second-order valence-corrected chi connectivity index (χ2v) is 12.0. The van der Waals surface area contributed by atoms with Crippen LogP contribution in [0.2, 0.25) is 0 Å². The number of likely N-dealkylation sites (tertiary alicyclic amines) is 1. The monoisotopic (exact) mass is 673 g/mol. The lowest BCUT2D eigenvalue weighted by molar-refractivity contribution is -0.108. The lowest BCUT2D eigenvalue weighted by Crippen LogP contribution is -2.43. The lowest BCUT2D eigenvalue weighted by Gasteiger charge is -2.32. The van der Waals surface area contributed by atoms with Crippen LogP contribution in [-0.2, 0) is 24.4 Å². The van der Waals surface area contributed by atoms with Crippen molar-refractivity contribution in [1.82, 2.24) is 34.3 Å². The Kier molecular flexibility index (Phi) is 10.3. The maximum atomic E-state index is 14.1. The molecule has 0 spiro atoms. The molecule has 0 aromatic carbocycles. The van der Waals surface area contributed by atoms with Gasteiger partial charge in [-0.25, -0.2) is 18.7 Å². The number of aromatic nitrogens is 5. The van der Waals surface area contributed by atoms with E-state index in [2.05, 4.69) is 25.2 Å². The summed E-state index contributed by atoms with van der Waals surface area (Å²) in [6.07, 6.45) is 4.36. The molecule has 2 aliphatic rings. The molecule has 0 bridgehead atoms. The third-order valence-electron chi connectivity index (χ3n) is 8.74. The van der Waals surface area contributed by atoms with Crippen LogP contribution in [0, 0.1) is 25.5 Å². The van der Waals surface area contributed by atoms with Crippen molar-refractivity contribution < 1.29 is 23.0 Å². The van der Waals surface area contributed by atoms with E-state index >= 15 is 0 Å². The number of nitrogens with zero attached hydrogens (tertiary/aromatic N) is 6. The Labute approximate surface area is 280 Å². The normalized spacial score (nSPS) is 14.9. The highest BCUT2D eigenvalue weighted by atomic mass is 19.1. The largest absolute Gasteiger partial charge is 0.486 e. The van der Waals surface area contributed by atoms with Crippen molar-refractivity contribution in [3.8, 4) is 11.5 Å². The molecule has 1 saturated heterocycles. The molecule has 7 heterocycles. The van der Waals surface area contributed by atoms with E-state index in [1.165, 1.54) is 34.9 Å². The van der Waals surface area contributed by atoms with Crippen LogP contribution in [0.5, 0.6) is 11.5 Å². The topological polar surface area (TPSA) is 133 Å². The van der Waals surface area contributed by atoms with E-state index < -0.39 is 5.82 Å². The molecule has 1 fully saturated rings. The van der Waals surface area contributed by atoms with Crippen LogP contribution >= 0.6 is 0 Å². The van der Waals surface area contributed by atoms with E-state index in [1.807, 2.05) is 6.07 Å². The minimum atomic E-state index is -0.488. The highest BCUT2D eigenvalue weighted by Gasteiger charge is 2.20. The maximum absolute atomic E-state index is 14.1. The molecule has 2 aliphatic heterocycles. The zero-order valence-electron chi connectivity index (χ0n) is 27.3. The predicted octanol–water partition coefficient (Wildman–Crippen LogP) is 3.31. The molecule has 5 aromatic heterocycles. The van der Waals surface area contributed by atoms with E-state index in [0.29, 0.717) is 72.1 Å². The number of piperidine rings is 1. The second-order valence-electron chi connectivity index (χ2n) is 12.0. The average Bonchev–Trinajstić information content (AvgIpc) is 3.10. The Morgan fingerprint density at radius 2 is 1.43 bits per heavy atom. The number of halogens is 2. The molecule has 5 aromatic rings. The minimum Gasteiger partial charge on any atom is -0.486 e. The first-order valence-electron chi connectivity index (χ1n) is 16.2. The van der Waals surface area contributed by atoms with Gasteiger partial charge in [0.15, 0.2) is 11.5 Å². The Morgan fingerprint density at radius 3 is 2.06 bits per heavy atom. The molecule has 0 atom stereocenters. The first kappa shape index (κ1) is 33.8. The summed E-state index contributed by atoms with van der Waals surface area (Å²) in [5, 5.41) is 3.59. The number of aryl methyl sites for hydroxylation is 2. The van der Waals surface area contributed by atoms with Gasteiger partial charge in [-0.2, -0.15) is 0 Å². The summed E-state index contributed by atoms with van der Waals surface area (Å²) in [6.45, 7) is 8.03. The highest BCUT2D eigenvalue weighted by molar-refractivity contribution is 5.76. The molecule has 12 nitrogen and oxygen atoms in total. The molecule has 14 heteroatoms. The quantitative estimate of drug-likeness (QED) is 0.245. The van der Waals surface area contributed by atoms with E-state index in [4.69, 9.17) is 9.47 Å². The minimum absolute atomic E-state index is 0.0969. The number of ether oxygens (including phenoxy) is 2. The fourth-order valence-electron chi connectivity index (χ4n) is 6.01. The van der Waals surface area contributed by atoms with Gasteiger partial charge in [0, 0.05) is 56.0 Å². The molecular formula is C35H37F2N7O5. The van der Waals surface area contributed by atoms with Crippen LogP contribution in [0.15, 0.2) is 58.3 Å². The maximum Gasteiger partial charge on any atom is 0.251 e. The smallest absolute Gasteiger partial charge is 0.251 e. The SMILES string of the molecule is Cc1nc2ccc(=O)n(CC=O)c2cc1F.Cc1nc2ccc(=O)n(CCN3CCC(NCc4cc5c(cn4)OCCO5)CC3)c2cc1F. The van der Waals surface area contributed by atoms with Crippen LogP contribution < -0.4 is 25.9 Å². The van der Waals surface area contributed by atoms with Gasteiger partial charge in [0.2, 0.25) is 0 Å². The summed E-state index contributed by atoms with van der Waals surface area (Å²) in [7, 11) is 0. The Balaban J connectivity index is 0.000000218. The lowest BCUT2D eigenvalue weighted by atomic mass is 10.0. The highest BCUT2D eigenvalue weighted by Crippen LogP contribution is 2.29. The van der Waals surface area contributed by atoms with Crippen molar-refractivity contribution >= 4 is 28.4 Å². The number of hydrogen-bond acceptors (Lipinski definition) is 10. The third kappa shape index (κ3) is 7.81. The van der Waals surface area contributed by atoms with Crippen LogP contribution in [0.4, 0.5) is 8.78 Å². The van der Waals surface area contributed by atoms with E-state index in [1.54, 1.807) is 30.7 Å². The number of rotatable bonds is 8. The van der Waals surface area contributed by atoms with Crippen molar-refractivity contribution in [3.05, 3.63) is 98.1 Å². The summed E-state index contributed by atoms with van der Waals surface area (Å²) >= 11 is 0. The number of nitrogens with one attached hydrogen (secondary N) is 1. The van der Waals surface area contributed by atoms with E-state index in [0.717, 1.165) is 43.9 Å². The number of carbonyl (C=O) groups excluding carboxylic acids is 1. The van der Waals surface area contributed by atoms with Gasteiger partial charge in [0.1, 0.15) is 31.1 Å². The van der Waals surface area contributed by atoms with Crippen molar-refractivity contribution in [2.24, 2.45) is 0 Å². The van der Waals surface area contributed by atoms with Gasteiger partial charge < -0.3 is 29.1 Å². The number of pyridine rings is 5. The summed E-state index contributed by atoms with van der Waals surface area (Å²) in [4.78, 5) is 49.4. The van der Waals surface area contributed by atoms with Gasteiger partial charge in [-0.05, 0) is 51.9 Å². The number of fused-ring (bicyclic) bond motifs is 3. The van der Waals surface area contributed by atoms with Crippen molar-refractivity contribution in [2.75, 3.05) is 32.8 Å². The molecule has 0 amide bonds. The Bertz CT molecular complexity index is 2110. The summed E-state index contributed by atoms with van der Waals surface area (Å²) < 4.78 is 41.4. The standard InChI is InChI=1S/C24H28FN5O3.C11H9FN2O2/c1-16-19(25)13-21-20(28-16)2-3-24(31)30(21)9-8-29-6-4-17(5-7-29)26-14-18-12-22-23(15-27-18)33-11-10-32-22;1-7-8(12)6-10-9(13-7)2-3-11(16)14(10)4-5-15/h2-3,12-13,15,17,26H,4-11,14H2,1H3;2-3,5-6H,4H2,1H3. The predicted molar refractivity (Wildman–Crippen MR) is 179 cm³/mol. The molecular weight excluding hydrogens is 636 g/mol. The van der Waals surface area contributed by atoms with E-state index in [-0.39, 0.29) is 29.2 Å². The van der Waals surface area contributed by atoms with Gasteiger partial charge in [0.05, 0.1) is 51.9 Å². The number of carbonyl (C=O) groups is 1. The molecule has 7 rings (SSSR count). The summed E-state index contributed by atoms with van der Waals surface area (Å²) in [5.41, 5.74) is 3.10. The fourth-order valence-corrected chi connectivity index (χ4v) is 6.01. The zero-order valence-corrected chi connectivity index (χ0v) is 27.3. The first-order valence-corrected chi connectivity index (χ1v) is 16.2. The summed E-state index contributed by atoms with van der Waals surface area (Å²) in [6, 6.07) is 11.0. The fraction of sp³-hybridized carbons (Fsp3) is 0.371. The van der Waals surface area contributed by atoms with Crippen LogP contribution in [-0.4, -0.2) is 74.2 Å².